The first-order valence-corrected chi connectivity index (χ1v) is 13.2. The van der Waals surface area contributed by atoms with Crippen molar-refractivity contribution >= 4 is 38.5 Å². The minimum atomic E-state index is -0.722. The summed E-state index contributed by atoms with van der Waals surface area (Å²) >= 11 is 3.51. The fraction of sp³-hybridized carbons (Fsp3) is 0.125. The largest absolute Gasteiger partial charge is 0.493 e. The Morgan fingerprint density at radius 3 is 2.49 bits per heavy atom. The first kappa shape index (κ1) is 24.9. The summed E-state index contributed by atoms with van der Waals surface area (Å²) in [5.74, 6) is 0.727. The van der Waals surface area contributed by atoms with E-state index < -0.39 is 6.04 Å². The highest BCUT2D eigenvalue weighted by atomic mass is 79.9. The number of ether oxygens (including phenoxy) is 2. The molecule has 0 fully saturated rings. The molecule has 0 saturated carbocycles. The van der Waals surface area contributed by atoms with Gasteiger partial charge in [0.1, 0.15) is 12.2 Å². The molecule has 0 radical (unpaired) electrons. The molecular formula is C32H24BrNO5. The molecule has 194 valence electrons. The van der Waals surface area contributed by atoms with E-state index in [0.29, 0.717) is 45.9 Å². The van der Waals surface area contributed by atoms with Gasteiger partial charge in [0.25, 0.3) is 5.91 Å². The Morgan fingerprint density at radius 2 is 1.72 bits per heavy atom. The summed E-state index contributed by atoms with van der Waals surface area (Å²) < 4.78 is 18.6. The number of amides is 1. The van der Waals surface area contributed by atoms with E-state index in [2.05, 4.69) is 15.9 Å². The van der Waals surface area contributed by atoms with Crippen LogP contribution in [0.4, 0.5) is 5.69 Å². The number of methoxy groups -OCH3 is 1. The molecule has 1 aromatic heterocycles. The maximum atomic E-state index is 13.9. The number of fused-ring (bicyclic) bond motifs is 2. The lowest BCUT2D eigenvalue weighted by molar-refractivity contribution is 0.0971. The van der Waals surface area contributed by atoms with Crippen molar-refractivity contribution in [3.63, 3.8) is 0 Å². The molecular weight excluding hydrogens is 558 g/mol. The molecule has 1 aliphatic rings. The summed E-state index contributed by atoms with van der Waals surface area (Å²) in [6.07, 6.45) is 0. The van der Waals surface area contributed by atoms with E-state index >= 15 is 0 Å². The zero-order valence-corrected chi connectivity index (χ0v) is 22.9. The molecule has 4 aromatic carbocycles. The first-order chi connectivity index (χ1) is 18.9. The predicted molar refractivity (Wildman–Crippen MR) is 154 cm³/mol. The Hall–Kier alpha value is -4.36. The van der Waals surface area contributed by atoms with Crippen LogP contribution in [0.25, 0.3) is 11.0 Å². The molecule has 6 nitrogen and oxygen atoms in total. The van der Waals surface area contributed by atoms with Gasteiger partial charge >= 0.3 is 0 Å². The Balaban J connectivity index is 1.50. The smallest absolute Gasteiger partial charge is 0.295 e. The second kappa shape index (κ2) is 10.1. The van der Waals surface area contributed by atoms with Crippen LogP contribution in [0.2, 0.25) is 0 Å². The average molecular weight is 582 g/mol. The normalized spacial score (nSPS) is 14.5. The Kier molecular flexibility index (Phi) is 6.45. The topological polar surface area (TPSA) is 69.0 Å². The van der Waals surface area contributed by atoms with Gasteiger partial charge in [0, 0.05) is 10.2 Å². The third-order valence-corrected chi connectivity index (χ3v) is 7.35. The fourth-order valence-electron chi connectivity index (χ4n) is 5.00. The molecule has 6 rings (SSSR count). The van der Waals surface area contributed by atoms with Gasteiger partial charge in [0.15, 0.2) is 16.9 Å². The summed E-state index contributed by atoms with van der Waals surface area (Å²) in [4.78, 5) is 29.4. The van der Waals surface area contributed by atoms with Crippen molar-refractivity contribution in [3.05, 3.63) is 134 Å². The predicted octanol–water partition coefficient (Wildman–Crippen LogP) is 7.20. The average Bonchev–Trinajstić information content (AvgIpc) is 3.25. The molecule has 7 heteroatoms. The standard InChI is InChI=1S/C32H24BrNO5/c1-19-11-13-25-24(15-19)30(35)28-29(34(32(36)31(28)39-25)23-10-6-9-22(33)17-23)21-12-14-26(27(16-21)37-2)38-18-20-7-4-3-5-8-20/h3-17,29H,18H2,1-2H3. The number of nitrogens with zero attached hydrogens (tertiary/aromatic N) is 1. The quantitative estimate of drug-likeness (QED) is 0.212. The summed E-state index contributed by atoms with van der Waals surface area (Å²) in [5.41, 5.74) is 3.75. The monoisotopic (exact) mass is 581 g/mol. The Bertz CT molecular complexity index is 1780. The van der Waals surface area contributed by atoms with Crippen molar-refractivity contribution in [2.45, 2.75) is 19.6 Å². The van der Waals surface area contributed by atoms with Gasteiger partial charge in [-0.2, -0.15) is 0 Å². The van der Waals surface area contributed by atoms with Gasteiger partial charge in [-0.1, -0.05) is 70.0 Å². The highest BCUT2D eigenvalue weighted by Gasteiger charge is 2.44. The molecule has 1 aliphatic heterocycles. The zero-order valence-electron chi connectivity index (χ0n) is 21.3. The van der Waals surface area contributed by atoms with Crippen molar-refractivity contribution in [1.29, 1.82) is 0 Å². The molecule has 39 heavy (non-hydrogen) atoms. The van der Waals surface area contributed by atoms with Crippen molar-refractivity contribution in [2.24, 2.45) is 0 Å². The maximum Gasteiger partial charge on any atom is 0.295 e. The van der Waals surface area contributed by atoms with Gasteiger partial charge in [-0.25, -0.2) is 0 Å². The third kappa shape index (κ3) is 4.49. The van der Waals surface area contributed by atoms with E-state index in [-0.39, 0.29) is 17.1 Å². The summed E-state index contributed by atoms with van der Waals surface area (Å²) in [6.45, 7) is 2.29. The van der Waals surface area contributed by atoms with E-state index in [9.17, 15) is 9.59 Å². The van der Waals surface area contributed by atoms with Gasteiger partial charge in [-0.3, -0.25) is 14.5 Å². The molecule has 2 heterocycles. The number of rotatable bonds is 6. The number of aryl methyl sites for hydroxylation is 1. The SMILES string of the molecule is COc1cc(C2c3c(oc4ccc(C)cc4c3=O)C(=O)N2c2cccc(Br)c2)ccc1OCc1ccccc1. The lowest BCUT2D eigenvalue weighted by Gasteiger charge is -2.26. The van der Waals surface area contributed by atoms with Crippen LogP contribution in [0.3, 0.4) is 0 Å². The third-order valence-electron chi connectivity index (χ3n) is 6.85. The maximum absolute atomic E-state index is 13.9. The van der Waals surface area contributed by atoms with E-state index in [1.165, 1.54) is 0 Å². The first-order valence-electron chi connectivity index (χ1n) is 12.5. The molecule has 1 amide bonds. The van der Waals surface area contributed by atoms with Crippen molar-refractivity contribution in [1.82, 2.24) is 0 Å². The number of halogens is 1. The summed E-state index contributed by atoms with van der Waals surface area (Å²) in [6, 6.07) is 27.4. The highest BCUT2D eigenvalue weighted by molar-refractivity contribution is 9.10. The second-order valence-electron chi connectivity index (χ2n) is 9.42. The fourth-order valence-corrected chi connectivity index (χ4v) is 5.39. The molecule has 5 aromatic rings. The van der Waals surface area contributed by atoms with Crippen LogP contribution in [-0.2, 0) is 6.61 Å². The minimum Gasteiger partial charge on any atom is -0.493 e. The second-order valence-corrected chi connectivity index (χ2v) is 10.3. The number of anilines is 1. The van der Waals surface area contributed by atoms with Crippen LogP contribution in [0.15, 0.2) is 105 Å². The van der Waals surface area contributed by atoms with E-state index in [0.717, 1.165) is 15.6 Å². The van der Waals surface area contributed by atoms with Crippen molar-refractivity contribution < 1.29 is 18.7 Å². The Labute approximate surface area is 233 Å². The van der Waals surface area contributed by atoms with Crippen LogP contribution in [-0.4, -0.2) is 13.0 Å². The lowest BCUT2D eigenvalue weighted by Crippen LogP contribution is -2.29. The van der Waals surface area contributed by atoms with E-state index in [1.54, 1.807) is 24.1 Å². The summed E-state index contributed by atoms with van der Waals surface area (Å²) in [7, 11) is 1.57. The van der Waals surface area contributed by atoms with Crippen LogP contribution in [0.5, 0.6) is 11.5 Å². The number of hydrogen-bond acceptors (Lipinski definition) is 5. The summed E-state index contributed by atoms with van der Waals surface area (Å²) in [5, 5.41) is 0.442. The highest BCUT2D eigenvalue weighted by Crippen LogP contribution is 2.43. The molecule has 0 N–H and O–H groups in total. The van der Waals surface area contributed by atoms with Crippen molar-refractivity contribution in [3.8, 4) is 11.5 Å². The van der Waals surface area contributed by atoms with Crippen LogP contribution < -0.4 is 19.8 Å². The lowest BCUT2D eigenvalue weighted by atomic mass is 9.97. The Morgan fingerprint density at radius 1 is 0.897 bits per heavy atom. The van der Waals surface area contributed by atoms with Gasteiger partial charge < -0.3 is 13.9 Å². The number of hydrogen-bond donors (Lipinski definition) is 0. The molecule has 0 saturated heterocycles. The van der Waals surface area contributed by atoms with Gasteiger partial charge in [-0.05, 0) is 60.5 Å². The van der Waals surface area contributed by atoms with Crippen molar-refractivity contribution in [2.75, 3.05) is 12.0 Å². The molecule has 1 unspecified atom stereocenters. The molecule has 1 atom stereocenters. The minimum absolute atomic E-state index is 0.0460. The molecule has 0 spiro atoms. The van der Waals surface area contributed by atoms with E-state index in [1.807, 2.05) is 85.8 Å². The van der Waals surface area contributed by atoms with Crippen LogP contribution in [0, 0.1) is 6.92 Å². The van der Waals surface area contributed by atoms with Crippen LogP contribution in [0.1, 0.15) is 38.9 Å². The number of carbonyl (C=O) groups excluding carboxylic acids is 1. The number of carbonyl (C=O) groups is 1. The molecule has 0 aliphatic carbocycles. The zero-order chi connectivity index (χ0) is 27.1. The molecule has 0 bridgehead atoms. The number of benzene rings is 4. The van der Waals surface area contributed by atoms with E-state index in [4.69, 9.17) is 13.9 Å². The van der Waals surface area contributed by atoms with Crippen LogP contribution >= 0.6 is 15.9 Å². The van der Waals surface area contributed by atoms with Gasteiger partial charge in [0.05, 0.1) is 24.1 Å². The van der Waals surface area contributed by atoms with Gasteiger partial charge in [0.2, 0.25) is 5.76 Å². The van der Waals surface area contributed by atoms with Gasteiger partial charge in [-0.15, -0.1) is 0 Å².